The van der Waals surface area contributed by atoms with E-state index in [9.17, 15) is 18.0 Å². The van der Waals surface area contributed by atoms with E-state index in [1.807, 2.05) is 13.8 Å². The van der Waals surface area contributed by atoms with Crippen LogP contribution in [-0.4, -0.2) is 36.0 Å². The van der Waals surface area contributed by atoms with E-state index >= 15 is 0 Å². The predicted octanol–water partition coefficient (Wildman–Crippen LogP) is 3.83. The molecule has 1 saturated carbocycles. The van der Waals surface area contributed by atoms with Crippen molar-refractivity contribution in [1.29, 1.82) is 0 Å². The molecule has 112 valence electrons. The summed E-state index contributed by atoms with van der Waals surface area (Å²) >= 11 is 5.52. The molecule has 0 aliphatic heterocycles. The third kappa shape index (κ3) is 4.86. The van der Waals surface area contributed by atoms with Gasteiger partial charge in [-0.15, -0.1) is 11.6 Å². The van der Waals surface area contributed by atoms with Crippen LogP contribution in [-0.2, 0) is 4.79 Å². The summed E-state index contributed by atoms with van der Waals surface area (Å²) in [6.45, 7) is 2.67. The van der Waals surface area contributed by atoms with Gasteiger partial charge in [-0.1, -0.05) is 26.7 Å². The maximum atomic E-state index is 12.5. The van der Waals surface area contributed by atoms with Gasteiger partial charge in [0.05, 0.1) is 0 Å². The summed E-state index contributed by atoms with van der Waals surface area (Å²) in [6, 6.07) is 0. The Morgan fingerprint density at radius 3 is 2.47 bits per heavy atom. The van der Waals surface area contributed by atoms with Crippen LogP contribution in [0.5, 0.6) is 0 Å². The first kappa shape index (κ1) is 16.6. The van der Waals surface area contributed by atoms with Gasteiger partial charge in [-0.05, 0) is 18.3 Å². The van der Waals surface area contributed by atoms with Crippen LogP contribution in [0.4, 0.5) is 13.2 Å². The highest BCUT2D eigenvalue weighted by atomic mass is 35.5. The molecule has 6 heteroatoms. The van der Waals surface area contributed by atoms with Crippen LogP contribution in [0.1, 0.15) is 39.5 Å². The van der Waals surface area contributed by atoms with Gasteiger partial charge >= 0.3 is 6.18 Å². The molecule has 1 aliphatic rings. The minimum absolute atomic E-state index is 0.0228. The van der Waals surface area contributed by atoms with Crippen LogP contribution in [0.3, 0.4) is 0 Å². The summed E-state index contributed by atoms with van der Waals surface area (Å²) in [5.41, 5.74) is -0.231. The van der Waals surface area contributed by atoms with Crippen molar-refractivity contribution in [3.8, 4) is 0 Å². The zero-order chi connectivity index (χ0) is 14.7. The Labute approximate surface area is 117 Å². The first-order valence-corrected chi connectivity index (χ1v) is 7.12. The summed E-state index contributed by atoms with van der Waals surface area (Å²) < 4.78 is 37.5. The van der Waals surface area contributed by atoms with E-state index in [0.717, 1.165) is 24.2 Å². The number of halogens is 4. The van der Waals surface area contributed by atoms with Crippen LogP contribution in [0.2, 0.25) is 0 Å². The van der Waals surface area contributed by atoms with E-state index in [-0.39, 0.29) is 23.8 Å². The average molecular weight is 300 g/mol. The quantitative estimate of drug-likeness (QED) is 0.722. The molecule has 0 aromatic rings. The molecule has 19 heavy (non-hydrogen) atoms. The second-order valence-corrected chi connectivity index (χ2v) is 6.23. The second-order valence-electron chi connectivity index (χ2n) is 5.85. The standard InChI is InChI=1S/C13H21ClF3NO/c1-12(2)6-4-3-5-10(12)11(19)18(8-7-14)9-13(15,16)17/h10H,3-9H2,1-2H3. The molecule has 0 spiro atoms. The van der Waals surface area contributed by atoms with Crippen LogP contribution < -0.4 is 0 Å². The third-order valence-electron chi connectivity index (χ3n) is 3.84. The Bertz CT molecular complexity index is 318. The molecular weight excluding hydrogens is 279 g/mol. The normalized spacial score (nSPS) is 23.2. The summed E-state index contributed by atoms with van der Waals surface area (Å²) in [5, 5.41) is 0. The lowest BCUT2D eigenvalue weighted by atomic mass is 9.68. The van der Waals surface area contributed by atoms with Gasteiger partial charge in [0.25, 0.3) is 0 Å². The smallest absolute Gasteiger partial charge is 0.332 e. The molecule has 1 unspecified atom stereocenters. The Morgan fingerprint density at radius 1 is 1.37 bits per heavy atom. The highest BCUT2D eigenvalue weighted by Crippen LogP contribution is 2.41. The van der Waals surface area contributed by atoms with Crippen molar-refractivity contribution in [2.75, 3.05) is 19.0 Å². The van der Waals surface area contributed by atoms with E-state index in [1.54, 1.807) is 0 Å². The van der Waals surface area contributed by atoms with Crippen LogP contribution in [0.25, 0.3) is 0 Å². The van der Waals surface area contributed by atoms with Crippen molar-refractivity contribution in [3.05, 3.63) is 0 Å². The second kappa shape index (κ2) is 6.33. The van der Waals surface area contributed by atoms with Gasteiger partial charge in [-0.25, -0.2) is 0 Å². The zero-order valence-electron chi connectivity index (χ0n) is 11.4. The zero-order valence-corrected chi connectivity index (χ0v) is 12.2. The van der Waals surface area contributed by atoms with Gasteiger partial charge in [-0.2, -0.15) is 13.2 Å². The highest BCUT2D eigenvalue weighted by molar-refractivity contribution is 6.18. The average Bonchev–Trinajstić information content (AvgIpc) is 2.25. The van der Waals surface area contributed by atoms with Gasteiger partial charge in [0.1, 0.15) is 6.54 Å². The first-order chi connectivity index (χ1) is 8.67. The maximum Gasteiger partial charge on any atom is 0.406 e. The monoisotopic (exact) mass is 299 g/mol. The van der Waals surface area contributed by atoms with Crippen LogP contribution in [0.15, 0.2) is 0 Å². The predicted molar refractivity (Wildman–Crippen MR) is 69.1 cm³/mol. The summed E-state index contributed by atoms with van der Waals surface area (Å²) in [7, 11) is 0. The molecule has 0 aromatic heterocycles. The summed E-state index contributed by atoms with van der Waals surface area (Å²) in [5.74, 6) is -0.705. The van der Waals surface area contributed by atoms with Crippen molar-refractivity contribution in [1.82, 2.24) is 4.90 Å². The number of rotatable bonds is 4. The molecule has 1 amide bonds. The number of carbonyl (C=O) groups is 1. The lowest BCUT2D eigenvalue weighted by Gasteiger charge is -2.40. The molecule has 0 radical (unpaired) electrons. The molecule has 1 aliphatic carbocycles. The SMILES string of the molecule is CC1(C)CCCCC1C(=O)N(CCCl)CC(F)(F)F. The van der Waals surface area contributed by atoms with Gasteiger partial charge in [-0.3, -0.25) is 4.79 Å². The van der Waals surface area contributed by atoms with Crippen LogP contribution >= 0.6 is 11.6 Å². The minimum atomic E-state index is -4.37. The van der Waals surface area contributed by atoms with Crippen LogP contribution in [0, 0.1) is 11.3 Å². The Balaban J connectivity index is 2.80. The van der Waals surface area contributed by atoms with Crippen molar-refractivity contribution < 1.29 is 18.0 Å². The fraction of sp³-hybridized carbons (Fsp3) is 0.923. The number of carbonyl (C=O) groups excluding carboxylic acids is 1. The van der Waals surface area contributed by atoms with Gasteiger partial charge in [0, 0.05) is 18.3 Å². The Morgan fingerprint density at radius 2 is 2.00 bits per heavy atom. The molecule has 0 bridgehead atoms. The fourth-order valence-electron chi connectivity index (χ4n) is 2.76. The van der Waals surface area contributed by atoms with Crippen molar-refractivity contribution in [2.45, 2.75) is 45.7 Å². The molecule has 1 atom stereocenters. The molecule has 0 heterocycles. The van der Waals surface area contributed by atoms with Gasteiger partial charge in [0.15, 0.2) is 0 Å². The van der Waals surface area contributed by atoms with Crippen molar-refractivity contribution in [3.63, 3.8) is 0 Å². The van der Waals surface area contributed by atoms with Crippen molar-refractivity contribution in [2.24, 2.45) is 11.3 Å². The minimum Gasteiger partial charge on any atom is -0.332 e. The number of nitrogens with zero attached hydrogens (tertiary/aromatic N) is 1. The third-order valence-corrected chi connectivity index (χ3v) is 4.01. The summed E-state index contributed by atoms with van der Waals surface area (Å²) in [6.07, 6.45) is -0.890. The largest absolute Gasteiger partial charge is 0.406 e. The molecule has 2 nitrogen and oxygen atoms in total. The Hall–Kier alpha value is -0.450. The Kier molecular flexibility index (Phi) is 5.53. The topological polar surface area (TPSA) is 20.3 Å². The van der Waals surface area contributed by atoms with Gasteiger partial charge in [0.2, 0.25) is 5.91 Å². The van der Waals surface area contributed by atoms with Gasteiger partial charge < -0.3 is 4.90 Å². The lowest BCUT2D eigenvalue weighted by Crippen LogP contribution is -2.47. The summed E-state index contributed by atoms with van der Waals surface area (Å²) in [4.78, 5) is 13.2. The molecule has 0 saturated heterocycles. The number of hydrogen-bond acceptors (Lipinski definition) is 1. The number of alkyl halides is 4. The lowest BCUT2D eigenvalue weighted by molar-refractivity contribution is -0.166. The number of hydrogen-bond donors (Lipinski definition) is 0. The van der Waals surface area contributed by atoms with E-state index in [1.165, 1.54) is 0 Å². The molecule has 1 fully saturated rings. The number of amides is 1. The van der Waals surface area contributed by atoms with E-state index in [4.69, 9.17) is 11.6 Å². The molecular formula is C13H21ClF3NO. The molecule has 1 rings (SSSR count). The highest BCUT2D eigenvalue weighted by Gasteiger charge is 2.41. The van der Waals surface area contributed by atoms with Crippen molar-refractivity contribution >= 4 is 17.5 Å². The fourth-order valence-corrected chi connectivity index (χ4v) is 2.96. The van der Waals surface area contributed by atoms with E-state index in [2.05, 4.69) is 0 Å². The first-order valence-electron chi connectivity index (χ1n) is 6.59. The van der Waals surface area contributed by atoms with E-state index in [0.29, 0.717) is 6.42 Å². The molecule has 0 N–H and O–H groups in total. The van der Waals surface area contributed by atoms with E-state index < -0.39 is 18.6 Å². The maximum absolute atomic E-state index is 12.5. The molecule has 0 aromatic carbocycles.